The Balaban J connectivity index is 1.03. The van der Waals surface area contributed by atoms with E-state index in [1.165, 1.54) is 54.4 Å². The van der Waals surface area contributed by atoms with Gasteiger partial charge in [0, 0.05) is 33.5 Å². The van der Waals surface area contributed by atoms with E-state index >= 15 is 0 Å². The first-order valence-electron chi connectivity index (χ1n) is 22.4. The van der Waals surface area contributed by atoms with E-state index in [1.807, 2.05) is 6.07 Å². The molecule has 0 atom stereocenters. The molecule has 306 valence electrons. The summed E-state index contributed by atoms with van der Waals surface area (Å²) in [6.45, 7) is 0. The average molecular weight is 847 g/mol. The zero-order chi connectivity index (χ0) is 43.0. The van der Waals surface area contributed by atoms with Crippen molar-refractivity contribution in [3.63, 3.8) is 0 Å². The molecule has 2 aliphatic heterocycles. The molecule has 0 bridgehead atoms. The molecular formula is C61H42N2OSi. The standard InChI is InChI=1S/C61H42N2OSi/c1-4-21-43(22-5-1)61(44-39-40-58-50(41-44)49-29-10-17-36-57(49)64-58)51-30-11-13-32-53(51)62(54-33-14-12-31-52(54)61)45-23-20-24-46(42-45)63-55-34-15-18-37-59(55)65(47-25-6-2-7-26-47,48-27-8-3-9-28-48)60-38-19-16-35-56(60)63/h1-42H. The summed E-state index contributed by atoms with van der Waals surface area (Å²) < 4.78 is 6.40. The molecule has 3 heterocycles. The van der Waals surface area contributed by atoms with Crippen molar-refractivity contribution in [1.29, 1.82) is 0 Å². The normalized spacial score (nSPS) is 14.3. The Kier molecular flexibility index (Phi) is 8.45. The first-order chi connectivity index (χ1) is 32.3. The molecule has 10 aromatic carbocycles. The Morgan fingerprint density at radius 1 is 0.323 bits per heavy atom. The molecule has 2 aliphatic rings. The number of anilines is 6. The molecule has 4 heteroatoms. The monoisotopic (exact) mass is 846 g/mol. The van der Waals surface area contributed by atoms with E-state index in [1.54, 1.807) is 0 Å². The third kappa shape index (κ3) is 5.35. The summed E-state index contributed by atoms with van der Waals surface area (Å²) in [5, 5.41) is 7.75. The van der Waals surface area contributed by atoms with Crippen LogP contribution in [-0.4, -0.2) is 8.07 Å². The van der Waals surface area contributed by atoms with Crippen LogP contribution in [0.2, 0.25) is 0 Å². The molecule has 0 saturated heterocycles. The van der Waals surface area contributed by atoms with Crippen LogP contribution in [0, 0.1) is 0 Å². The first-order valence-corrected chi connectivity index (χ1v) is 24.4. The maximum absolute atomic E-state index is 6.40. The molecule has 13 rings (SSSR count). The van der Waals surface area contributed by atoms with E-state index < -0.39 is 13.5 Å². The fourth-order valence-electron chi connectivity index (χ4n) is 11.4. The van der Waals surface area contributed by atoms with Gasteiger partial charge in [0.05, 0.1) is 16.8 Å². The van der Waals surface area contributed by atoms with Crippen LogP contribution in [0.3, 0.4) is 0 Å². The van der Waals surface area contributed by atoms with Gasteiger partial charge in [-0.15, -0.1) is 0 Å². The predicted molar refractivity (Wildman–Crippen MR) is 272 cm³/mol. The smallest absolute Gasteiger partial charge is 0.184 e. The number of furan rings is 1. The second kappa shape index (κ2) is 14.7. The predicted octanol–water partition coefficient (Wildman–Crippen LogP) is 12.9. The van der Waals surface area contributed by atoms with Gasteiger partial charge in [0.1, 0.15) is 11.2 Å². The lowest BCUT2D eigenvalue weighted by atomic mass is 9.62. The van der Waals surface area contributed by atoms with Gasteiger partial charge < -0.3 is 14.2 Å². The highest BCUT2D eigenvalue weighted by Crippen LogP contribution is 2.58. The van der Waals surface area contributed by atoms with Crippen LogP contribution in [0.5, 0.6) is 0 Å². The first kappa shape index (κ1) is 37.4. The summed E-state index contributed by atoms with van der Waals surface area (Å²) in [4.78, 5) is 4.99. The van der Waals surface area contributed by atoms with Gasteiger partial charge in [-0.2, -0.15) is 0 Å². The summed E-state index contributed by atoms with van der Waals surface area (Å²) in [6.07, 6.45) is 0. The number of hydrogen-bond acceptors (Lipinski definition) is 3. The summed E-state index contributed by atoms with van der Waals surface area (Å²) in [5.41, 5.74) is 12.9. The molecule has 0 radical (unpaired) electrons. The van der Waals surface area contributed by atoms with Crippen molar-refractivity contribution in [2.75, 3.05) is 9.80 Å². The minimum atomic E-state index is -2.76. The Morgan fingerprint density at radius 3 is 1.38 bits per heavy atom. The highest BCUT2D eigenvalue weighted by atomic mass is 28.3. The maximum atomic E-state index is 6.40. The van der Waals surface area contributed by atoms with Crippen molar-refractivity contribution in [3.05, 3.63) is 277 Å². The molecule has 0 unspecified atom stereocenters. The number of para-hydroxylation sites is 5. The van der Waals surface area contributed by atoms with Crippen molar-refractivity contribution in [1.82, 2.24) is 0 Å². The van der Waals surface area contributed by atoms with Crippen molar-refractivity contribution < 1.29 is 4.42 Å². The molecule has 0 N–H and O–H groups in total. The Labute approximate surface area is 379 Å². The van der Waals surface area contributed by atoms with Crippen molar-refractivity contribution in [3.8, 4) is 0 Å². The minimum absolute atomic E-state index is 0.636. The molecule has 1 aromatic heterocycles. The third-order valence-electron chi connectivity index (χ3n) is 14.0. The minimum Gasteiger partial charge on any atom is -0.456 e. The quantitative estimate of drug-likeness (QED) is 0.155. The van der Waals surface area contributed by atoms with Crippen molar-refractivity contribution >= 4 is 84.9 Å². The summed E-state index contributed by atoms with van der Waals surface area (Å²) in [7, 11) is -2.76. The molecular weight excluding hydrogens is 805 g/mol. The van der Waals surface area contributed by atoms with Crippen LogP contribution in [0.4, 0.5) is 34.1 Å². The topological polar surface area (TPSA) is 19.6 Å². The summed E-state index contributed by atoms with van der Waals surface area (Å²) in [6, 6.07) is 94.1. The molecule has 0 fully saturated rings. The molecule has 0 saturated carbocycles. The molecule has 11 aromatic rings. The summed E-state index contributed by atoms with van der Waals surface area (Å²) >= 11 is 0. The molecule has 0 spiro atoms. The Bertz CT molecular complexity index is 3450. The third-order valence-corrected chi connectivity index (χ3v) is 18.8. The lowest BCUT2D eigenvalue weighted by Crippen LogP contribution is -2.77. The molecule has 65 heavy (non-hydrogen) atoms. The van der Waals surface area contributed by atoms with Gasteiger partial charge >= 0.3 is 0 Å². The van der Waals surface area contributed by atoms with E-state index in [0.29, 0.717) is 0 Å². The van der Waals surface area contributed by atoms with Gasteiger partial charge in [-0.05, 0) is 104 Å². The number of nitrogens with zero attached hydrogens (tertiary/aromatic N) is 2. The number of rotatable bonds is 6. The van der Waals surface area contributed by atoms with Crippen LogP contribution in [0.15, 0.2) is 259 Å². The average Bonchev–Trinajstić information content (AvgIpc) is 3.76. The lowest BCUT2D eigenvalue weighted by molar-refractivity contribution is 0.667. The van der Waals surface area contributed by atoms with Gasteiger partial charge in [-0.25, -0.2) is 0 Å². The summed E-state index contributed by atoms with van der Waals surface area (Å²) in [5.74, 6) is 0. The fraction of sp³-hybridized carbons (Fsp3) is 0.0164. The van der Waals surface area contributed by atoms with E-state index in [4.69, 9.17) is 4.42 Å². The zero-order valence-electron chi connectivity index (χ0n) is 35.6. The molecule has 0 aliphatic carbocycles. The molecule has 3 nitrogen and oxygen atoms in total. The van der Waals surface area contributed by atoms with Gasteiger partial charge in [0.15, 0.2) is 8.07 Å². The van der Waals surface area contributed by atoms with E-state index in [0.717, 1.165) is 44.7 Å². The number of benzene rings is 10. The second-order valence-electron chi connectivity index (χ2n) is 17.2. The Hall–Kier alpha value is -8.18. The van der Waals surface area contributed by atoms with E-state index in [9.17, 15) is 0 Å². The van der Waals surface area contributed by atoms with Gasteiger partial charge in [0.25, 0.3) is 0 Å². The van der Waals surface area contributed by atoms with Crippen LogP contribution in [0.25, 0.3) is 21.9 Å². The number of hydrogen-bond donors (Lipinski definition) is 0. The highest BCUT2D eigenvalue weighted by molar-refractivity contribution is 7.21. The van der Waals surface area contributed by atoms with E-state index in [2.05, 4.69) is 259 Å². The highest BCUT2D eigenvalue weighted by Gasteiger charge is 2.49. The largest absolute Gasteiger partial charge is 0.456 e. The fourth-order valence-corrected chi connectivity index (χ4v) is 16.5. The molecule has 0 amide bonds. The second-order valence-corrected chi connectivity index (χ2v) is 20.9. The maximum Gasteiger partial charge on any atom is 0.184 e. The van der Waals surface area contributed by atoms with Gasteiger partial charge in [-0.3, -0.25) is 0 Å². The van der Waals surface area contributed by atoms with Crippen molar-refractivity contribution in [2.45, 2.75) is 5.41 Å². The Morgan fingerprint density at radius 2 is 0.785 bits per heavy atom. The zero-order valence-corrected chi connectivity index (χ0v) is 36.6. The van der Waals surface area contributed by atoms with Crippen LogP contribution < -0.4 is 30.5 Å². The number of fused-ring (bicyclic) bond motifs is 7. The van der Waals surface area contributed by atoms with E-state index in [-0.39, 0.29) is 0 Å². The SMILES string of the molecule is c1ccc(C2(c3ccc4oc5ccccc5c4c3)c3ccccc3N(c3cccc(N4c5ccccc5[Si](c5ccccc5)(c5ccccc5)c5ccccc54)c3)c3ccccc32)cc1. The van der Waals surface area contributed by atoms with Gasteiger partial charge in [-0.1, -0.05) is 194 Å². The van der Waals surface area contributed by atoms with Crippen molar-refractivity contribution in [2.24, 2.45) is 0 Å². The van der Waals surface area contributed by atoms with Crippen LogP contribution in [-0.2, 0) is 5.41 Å². The van der Waals surface area contributed by atoms with Gasteiger partial charge in [0.2, 0.25) is 0 Å². The van der Waals surface area contributed by atoms with Crippen LogP contribution >= 0.6 is 0 Å². The lowest BCUT2D eigenvalue weighted by Gasteiger charge is -2.47. The van der Waals surface area contributed by atoms with Crippen LogP contribution in [0.1, 0.15) is 22.3 Å².